The molecule has 2 aromatic rings. The third-order valence-electron chi connectivity index (χ3n) is 3.01. The van der Waals surface area contributed by atoms with Gasteiger partial charge in [-0.1, -0.05) is 12.1 Å². The molecule has 0 saturated heterocycles. The maximum absolute atomic E-state index is 11.0. The molecule has 1 aromatic heterocycles. The van der Waals surface area contributed by atoms with E-state index in [9.17, 15) is 4.21 Å². The quantitative estimate of drug-likeness (QED) is 0.883. The minimum absolute atomic E-state index is 0.0839. The van der Waals surface area contributed by atoms with Gasteiger partial charge >= 0.3 is 0 Å². The predicted molar refractivity (Wildman–Crippen MR) is 78.1 cm³/mol. The van der Waals surface area contributed by atoms with Gasteiger partial charge in [0.1, 0.15) is 5.76 Å². The van der Waals surface area contributed by atoms with Crippen LogP contribution in [0, 0.1) is 0 Å². The van der Waals surface area contributed by atoms with Crippen molar-refractivity contribution in [1.82, 2.24) is 5.32 Å². The summed E-state index contributed by atoms with van der Waals surface area (Å²) < 4.78 is 22.1. The van der Waals surface area contributed by atoms with E-state index in [2.05, 4.69) is 5.32 Å². The zero-order valence-electron chi connectivity index (χ0n) is 11.4. The van der Waals surface area contributed by atoms with Crippen molar-refractivity contribution in [2.24, 2.45) is 0 Å². The second-order valence-electron chi connectivity index (χ2n) is 4.48. The third kappa shape index (κ3) is 3.36. The lowest BCUT2D eigenvalue weighted by Gasteiger charge is -2.10. The van der Waals surface area contributed by atoms with Gasteiger partial charge in [-0.2, -0.15) is 0 Å². The van der Waals surface area contributed by atoms with Crippen LogP contribution in [0.5, 0.6) is 5.75 Å². The molecular weight excluding hydrogens is 262 g/mol. The van der Waals surface area contributed by atoms with Gasteiger partial charge in [0.2, 0.25) is 0 Å². The maximum Gasteiger partial charge on any atom is 0.176 e. The van der Waals surface area contributed by atoms with Crippen LogP contribution in [0.2, 0.25) is 0 Å². The van der Waals surface area contributed by atoms with Gasteiger partial charge in [0.05, 0.1) is 13.2 Å². The van der Waals surface area contributed by atoms with E-state index < -0.39 is 10.8 Å². The van der Waals surface area contributed by atoms with Crippen molar-refractivity contribution >= 4 is 21.8 Å². The number of para-hydroxylation sites is 1. The van der Waals surface area contributed by atoms with Crippen molar-refractivity contribution in [2.45, 2.75) is 13.0 Å². The number of fused-ring (bicyclic) bond motifs is 1. The molecule has 104 valence electrons. The highest BCUT2D eigenvalue weighted by Gasteiger charge is 2.13. The van der Waals surface area contributed by atoms with Gasteiger partial charge in [-0.05, 0) is 19.1 Å². The van der Waals surface area contributed by atoms with Gasteiger partial charge in [-0.3, -0.25) is 4.21 Å². The Kier molecular flexibility index (Phi) is 4.61. The Balaban J connectivity index is 2.14. The van der Waals surface area contributed by atoms with E-state index >= 15 is 0 Å². The second-order valence-corrected chi connectivity index (χ2v) is 6.04. The number of benzene rings is 1. The van der Waals surface area contributed by atoms with E-state index in [-0.39, 0.29) is 6.04 Å². The van der Waals surface area contributed by atoms with E-state index in [0.29, 0.717) is 12.3 Å². The van der Waals surface area contributed by atoms with Gasteiger partial charge in [0.25, 0.3) is 0 Å². The van der Waals surface area contributed by atoms with Crippen molar-refractivity contribution in [3.05, 3.63) is 30.0 Å². The highest BCUT2D eigenvalue weighted by molar-refractivity contribution is 7.84. The van der Waals surface area contributed by atoms with E-state index in [1.807, 2.05) is 31.2 Å². The van der Waals surface area contributed by atoms with Gasteiger partial charge in [-0.15, -0.1) is 0 Å². The molecule has 0 bridgehead atoms. The molecule has 2 rings (SSSR count). The van der Waals surface area contributed by atoms with Crippen LogP contribution >= 0.6 is 0 Å². The van der Waals surface area contributed by atoms with Crippen molar-refractivity contribution in [3.8, 4) is 5.75 Å². The summed E-state index contributed by atoms with van der Waals surface area (Å²) in [5.41, 5.74) is 0.771. The Bertz CT molecular complexity index is 579. The molecule has 0 radical (unpaired) electrons. The smallest absolute Gasteiger partial charge is 0.176 e. The molecule has 1 heterocycles. The number of ether oxygens (including phenoxy) is 1. The fourth-order valence-electron chi connectivity index (χ4n) is 1.95. The molecule has 2 unspecified atom stereocenters. The molecule has 1 aromatic carbocycles. The Labute approximate surface area is 115 Å². The van der Waals surface area contributed by atoms with Gasteiger partial charge in [0.15, 0.2) is 11.3 Å². The topological polar surface area (TPSA) is 51.5 Å². The van der Waals surface area contributed by atoms with Gasteiger partial charge in [-0.25, -0.2) is 0 Å². The number of hydrogen-bond donors (Lipinski definition) is 1. The lowest BCUT2D eigenvalue weighted by Crippen LogP contribution is -2.23. The first-order valence-corrected chi connectivity index (χ1v) is 7.94. The molecule has 4 nitrogen and oxygen atoms in total. The summed E-state index contributed by atoms with van der Waals surface area (Å²) in [6.45, 7) is 2.74. The second kappa shape index (κ2) is 6.21. The van der Waals surface area contributed by atoms with Crippen LogP contribution in [0.1, 0.15) is 18.7 Å². The zero-order chi connectivity index (χ0) is 13.8. The maximum atomic E-state index is 11.0. The molecule has 0 saturated carbocycles. The first-order chi connectivity index (χ1) is 9.11. The van der Waals surface area contributed by atoms with Crippen LogP contribution in [-0.4, -0.2) is 29.9 Å². The van der Waals surface area contributed by atoms with Crippen molar-refractivity contribution in [2.75, 3.05) is 25.7 Å². The summed E-state index contributed by atoms with van der Waals surface area (Å²) in [5.74, 6) is 2.25. The fourth-order valence-corrected chi connectivity index (χ4v) is 2.36. The highest BCUT2D eigenvalue weighted by atomic mass is 32.2. The largest absolute Gasteiger partial charge is 0.493 e. The van der Waals surface area contributed by atoms with Crippen molar-refractivity contribution < 1.29 is 13.4 Å². The molecule has 0 fully saturated rings. The summed E-state index contributed by atoms with van der Waals surface area (Å²) in [6.07, 6.45) is 1.71. The average molecular weight is 281 g/mol. The number of hydrogen-bond acceptors (Lipinski definition) is 4. The van der Waals surface area contributed by atoms with E-state index in [1.54, 1.807) is 13.4 Å². The molecule has 0 amide bonds. The summed E-state index contributed by atoms with van der Waals surface area (Å²) in [6, 6.07) is 7.92. The molecule has 5 heteroatoms. The molecule has 0 aliphatic carbocycles. The highest BCUT2D eigenvalue weighted by Crippen LogP contribution is 2.30. The first kappa shape index (κ1) is 14.1. The van der Waals surface area contributed by atoms with Crippen LogP contribution in [0.15, 0.2) is 28.7 Å². The molecule has 0 spiro atoms. The zero-order valence-corrected chi connectivity index (χ0v) is 12.3. The average Bonchev–Trinajstić information content (AvgIpc) is 2.81. The minimum Gasteiger partial charge on any atom is -0.493 e. The monoisotopic (exact) mass is 281 g/mol. The minimum atomic E-state index is -0.771. The number of methoxy groups -OCH3 is 1. The van der Waals surface area contributed by atoms with Crippen molar-refractivity contribution in [1.29, 1.82) is 0 Å². The summed E-state index contributed by atoms with van der Waals surface area (Å²) >= 11 is 0. The fraction of sp³-hybridized carbons (Fsp3) is 0.429. The van der Waals surface area contributed by atoms with E-state index in [4.69, 9.17) is 9.15 Å². The number of nitrogens with one attached hydrogen (secondary N) is 1. The molecule has 1 N–H and O–H groups in total. The SMILES string of the molecule is COc1cccc2cc(C(C)NCCS(C)=O)oc12. The van der Waals surface area contributed by atoms with Crippen LogP contribution in [-0.2, 0) is 10.8 Å². The normalized spacial score (nSPS) is 14.5. The molecule has 0 aliphatic heterocycles. The van der Waals surface area contributed by atoms with Crippen molar-refractivity contribution in [3.63, 3.8) is 0 Å². The van der Waals surface area contributed by atoms with Crippen LogP contribution in [0.25, 0.3) is 11.0 Å². The Morgan fingerprint density at radius 1 is 1.47 bits per heavy atom. The molecule has 2 atom stereocenters. The Morgan fingerprint density at radius 3 is 2.95 bits per heavy atom. The Hall–Kier alpha value is -1.33. The lowest BCUT2D eigenvalue weighted by molar-refractivity contribution is 0.401. The lowest BCUT2D eigenvalue weighted by atomic mass is 10.2. The van der Waals surface area contributed by atoms with Crippen LogP contribution in [0.3, 0.4) is 0 Å². The van der Waals surface area contributed by atoms with Crippen LogP contribution < -0.4 is 10.1 Å². The summed E-state index contributed by atoms with van der Waals surface area (Å²) in [4.78, 5) is 0. The molecular formula is C14H19NO3S. The third-order valence-corrected chi connectivity index (χ3v) is 3.79. The predicted octanol–water partition coefficient (Wildman–Crippen LogP) is 2.47. The van der Waals surface area contributed by atoms with E-state index in [0.717, 1.165) is 22.5 Å². The number of rotatable bonds is 6. The summed E-state index contributed by atoms with van der Waals surface area (Å²) in [5, 5.41) is 4.33. The number of furan rings is 1. The van der Waals surface area contributed by atoms with Crippen LogP contribution in [0.4, 0.5) is 0 Å². The van der Waals surface area contributed by atoms with E-state index in [1.165, 1.54) is 0 Å². The molecule has 0 aliphatic rings. The first-order valence-electron chi connectivity index (χ1n) is 6.21. The van der Waals surface area contributed by atoms with Gasteiger partial charge < -0.3 is 14.5 Å². The standard InChI is InChI=1S/C14H19NO3S/c1-10(15-7-8-19(3)16)13-9-11-5-4-6-12(17-2)14(11)18-13/h4-6,9-10,15H,7-8H2,1-3H3. The Morgan fingerprint density at radius 2 is 2.26 bits per heavy atom. The summed E-state index contributed by atoms with van der Waals surface area (Å²) in [7, 11) is 0.863. The molecule has 19 heavy (non-hydrogen) atoms. The van der Waals surface area contributed by atoms with Gasteiger partial charge in [0, 0.05) is 34.7 Å².